The minimum atomic E-state index is -2.84. The molecule has 0 aliphatic carbocycles. The number of anilines is 2. The number of nitrogens with zero attached hydrogens (tertiary/aromatic N) is 7. The molecule has 0 saturated carbocycles. The summed E-state index contributed by atoms with van der Waals surface area (Å²) in [6.45, 7) is 2.91. The largest absolute Gasteiger partial charge is 0.481 e. The zero-order valence-corrected chi connectivity index (χ0v) is 17.8. The van der Waals surface area contributed by atoms with Crippen LogP contribution in [-0.4, -0.2) is 75.0 Å². The fourth-order valence-corrected chi connectivity index (χ4v) is 4.25. The number of fused-ring (bicyclic) bond motifs is 1. The molecule has 4 heterocycles. The van der Waals surface area contributed by atoms with Crippen molar-refractivity contribution in [2.75, 3.05) is 49.2 Å². The maximum atomic E-state index is 13.9. The minimum Gasteiger partial charge on any atom is -0.481 e. The molecule has 1 N–H and O–H groups in total. The van der Waals surface area contributed by atoms with Crippen molar-refractivity contribution in [3.05, 3.63) is 30.1 Å². The number of carbonyl (C=O) groups is 1. The van der Waals surface area contributed by atoms with Crippen LogP contribution in [0, 0.1) is 5.92 Å². The highest BCUT2D eigenvalue weighted by atomic mass is 19.3. The molecule has 2 fully saturated rings. The van der Waals surface area contributed by atoms with Crippen molar-refractivity contribution < 1.29 is 23.4 Å². The number of halogens is 2. The Hall–Kier alpha value is -3.41. The van der Waals surface area contributed by atoms with Gasteiger partial charge in [-0.25, -0.2) is 13.8 Å². The molecule has 174 valence electrons. The number of carboxylic acids is 1. The Balaban J connectivity index is 1.65. The van der Waals surface area contributed by atoms with Crippen molar-refractivity contribution in [3.8, 4) is 5.95 Å². The van der Waals surface area contributed by atoms with E-state index in [9.17, 15) is 18.7 Å². The molecule has 0 radical (unpaired) electrons. The summed E-state index contributed by atoms with van der Waals surface area (Å²) in [5.41, 5.74) is 0.867. The first-order valence-corrected chi connectivity index (χ1v) is 10.8. The Morgan fingerprint density at radius 1 is 1.00 bits per heavy atom. The zero-order valence-electron chi connectivity index (χ0n) is 17.8. The molecular formula is C21H23F2N7O3. The molecule has 2 aromatic heterocycles. The van der Waals surface area contributed by atoms with Crippen molar-refractivity contribution in [3.63, 3.8) is 0 Å². The third kappa shape index (κ3) is 4.17. The molecular weight excluding hydrogens is 436 g/mol. The first kappa shape index (κ1) is 21.4. The highest BCUT2D eigenvalue weighted by Gasteiger charge is 2.29. The van der Waals surface area contributed by atoms with Crippen LogP contribution in [0.15, 0.2) is 24.3 Å². The van der Waals surface area contributed by atoms with E-state index in [1.807, 2.05) is 4.90 Å². The Morgan fingerprint density at radius 3 is 2.42 bits per heavy atom. The van der Waals surface area contributed by atoms with Gasteiger partial charge in [0, 0.05) is 26.2 Å². The number of rotatable bonds is 5. The van der Waals surface area contributed by atoms with Crippen molar-refractivity contribution in [2.45, 2.75) is 19.3 Å². The predicted octanol–water partition coefficient (Wildman–Crippen LogP) is 2.29. The van der Waals surface area contributed by atoms with Gasteiger partial charge >= 0.3 is 5.97 Å². The number of alkyl halides is 2. The molecule has 12 heteroatoms. The van der Waals surface area contributed by atoms with Gasteiger partial charge < -0.3 is 19.6 Å². The maximum Gasteiger partial charge on any atom is 0.308 e. The van der Waals surface area contributed by atoms with Gasteiger partial charge in [0.2, 0.25) is 17.8 Å². The monoisotopic (exact) mass is 459 g/mol. The third-order valence-electron chi connectivity index (χ3n) is 5.93. The molecule has 2 aliphatic rings. The lowest BCUT2D eigenvalue weighted by Crippen LogP contribution is -2.41. The van der Waals surface area contributed by atoms with E-state index in [1.54, 1.807) is 29.2 Å². The van der Waals surface area contributed by atoms with E-state index in [2.05, 4.69) is 19.9 Å². The van der Waals surface area contributed by atoms with Crippen LogP contribution < -0.4 is 9.80 Å². The number of para-hydroxylation sites is 2. The lowest BCUT2D eigenvalue weighted by atomic mass is 9.99. The van der Waals surface area contributed by atoms with Gasteiger partial charge in [-0.1, -0.05) is 12.1 Å². The number of ether oxygens (including phenoxy) is 1. The first-order chi connectivity index (χ1) is 16.0. The van der Waals surface area contributed by atoms with Gasteiger partial charge in [-0.3, -0.25) is 9.36 Å². The lowest BCUT2D eigenvalue weighted by molar-refractivity contribution is -0.141. The molecule has 1 aromatic carbocycles. The molecule has 33 heavy (non-hydrogen) atoms. The number of hydrogen-bond acceptors (Lipinski definition) is 8. The number of morpholine rings is 1. The molecule has 0 spiro atoms. The average Bonchev–Trinajstić information content (AvgIpc) is 3.24. The normalized spacial score (nSPS) is 19.4. The van der Waals surface area contributed by atoms with Crippen molar-refractivity contribution in [1.29, 1.82) is 0 Å². The second kappa shape index (κ2) is 8.85. The summed E-state index contributed by atoms with van der Waals surface area (Å²) in [7, 11) is 0. The van der Waals surface area contributed by atoms with E-state index >= 15 is 0 Å². The minimum absolute atomic E-state index is 0.0305. The molecule has 3 aromatic rings. The Bertz CT molecular complexity index is 1170. The van der Waals surface area contributed by atoms with Crippen LogP contribution in [0.5, 0.6) is 0 Å². The van der Waals surface area contributed by atoms with Crippen LogP contribution in [0.1, 0.15) is 25.1 Å². The number of aromatic nitrogens is 5. The van der Waals surface area contributed by atoms with Crippen molar-refractivity contribution >= 4 is 28.9 Å². The standard InChI is InChI=1S/C21H23F2N7O3/c22-16(23)17-24-14-5-1-2-6-15(14)30(17)21-26-19(28-8-10-33-11-9-28)25-20(27-21)29-7-3-4-13(12-29)18(31)32/h1-2,5-6,13,16H,3-4,7-12H2,(H,31,32)/t13-/m0/s1. The molecule has 0 bridgehead atoms. The smallest absolute Gasteiger partial charge is 0.308 e. The Kier molecular flexibility index (Phi) is 5.75. The number of hydrogen-bond donors (Lipinski definition) is 1. The zero-order chi connectivity index (χ0) is 22.9. The summed E-state index contributed by atoms with van der Waals surface area (Å²) in [4.78, 5) is 33.0. The van der Waals surface area contributed by atoms with Gasteiger partial charge in [0.25, 0.3) is 6.43 Å². The van der Waals surface area contributed by atoms with Gasteiger partial charge in [-0.2, -0.15) is 15.0 Å². The van der Waals surface area contributed by atoms with E-state index in [0.717, 1.165) is 0 Å². The van der Waals surface area contributed by atoms with E-state index < -0.39 is 24.1 Å². The number of piperidine rings is 1. The summed E-state index contributed by atoms with van der Waals surface area (Å²) in [5, 5.41) is 9.48. The average molecular weight is 459 g/mol. The summed E-state index contributed by atoms with van der Waals surface area (Å²) in [6.07, 6.45) is -1.60. The molecule has 2 saturated heterocycles. The fraction of sp³-hybridized carbons (Fsp3) is 0.476. The highest BCUT2D eigenvalue weighted by Crippen LogP contribution is 2.29. The van der Waals surface area contributed by atoms with E-state index in [1.165, 1.54) is 4.57 Å². The SMILES string of the molecule is O=C(O)[C@H]1CCCN(c2nc(N3CCOCC3)nc(-n3c(C(F)F)nc4ccccc43)n2)C1. The van der Waals surface area contributed by atoms with Crippen LogP contribution in [0.2, 0.25) is 0 Å². The van der Waals surface area contributed by atoms with Crippen molar-refractivity contribution in [2.24, 2.45) is 5.92 Å². The maximum absolute atomic E-state index is 13.9. The molecule has 1 atom stereocenters. The first-order valence-electron chi connectivity index (χ1n) is 10.8. The summed E-state index contributed by atoms with van der Waals surface area (Å²) >= 11 is 0. The second-order valence-electron chi connectivity index (χ2n) is 8.05. The molecule has 2 aliphatic heterocycles. The summed E-state index contributed by atoms with van der Waals surface area (Å²) < 4.78 is 34.6. The lowest BCUT2D eigenvalue weighted by Gasteiger charge is -2.32. The number of benzene rings is 1. The van der Waals surface area contributed by atoms with Gasteiger partial charge in [0.15, 0.2) is 5.82 Å². The quantitative estimate of drug-likeness (QED) is 0.614. The van der Waals surface area contributed by atoms with E-state index in [-0.39, 0.29) is 18.4 Å². The number of aliphatic carboxylic acids is 1. The summed E-state index contributed by atoms with van der Waals surface area (Å²) in [5.74, 6) is -1.23. The van der Waals surface area contributed by atoms with E-state index in [4.69, 9.17) is 4.74 Å². The predicted molar refractivity (Wildman–Crippen MR) is 115 cm³/mol. The van der Waals surface area contributed by atoms with Crippen LogP contribution >= 0.6 is 0 Å². The van der Waals surface area contributed by atoms with Crippen LogP contribution in [0.4, 0.5) is 20.7 Å². The van der Waals surface area contributed by atoms with Crippen LogP contribution in [-0.2, 0) is 9.53 Å². The molecule has 10 nitrogen and oxygen atoms in total. The summed E-state index contributed by atoms with van der Waals surface area (Å²) in [6, 6.07) is 6.81. The number of imidazole rings is 1. The third-order valence-corrected chi connectivity index (χ3v) is 5.93. The van der Waals surface area contributed by atoms with Crippen LogP contribution in [0.3, 0.4) is 0 Å². The van der Waals surface area contributed by atoms with Gasteiger partial charge in [-0.15, -0.1) is 0 Å². The highest BCUT2D eigenvalue weighted by molar-refractivity contribution is 5.77. The number of carboxylic acid groups (broad SMARTS) is 1. The van der Waals surface area contributed by atoms with Crippen molar-refractivity contribution in [1.82, 2.24) is 24.5 Å². The Labute approximate surface area is 187 Å². The molecule has 5 rings (SSSR count). The van der Waals surface area contributed by atoms with Gasteiger partial charge in [0.1, 0.15) is 0 Å². The van der Waals surface area contributed by atoms with Gasteiger partial charge in [-0.05, 0) is 25.0 Å². The Morgan fingerprint density at radius 2 is 1.70 bits per heavy atom. The van der Waals surface area contributed by atoms with Gasteiger partial charge in [0.05, 0.1) is 30.2 Å². The fourth-order valence-electron chi connectivity index (χ4n) is 4.25. The topological polar surface area (TPSA) is 110 Å². The second-order valence-corrected chi connectivity index (χ2v) is 8.05. The molecule has 0 unspecified atom stereocenters. The molecule has 0 amide bonds. The van der Waals surface area contributed by atoms with Crippen LogP contribution in [0.25, 0.3) is 17.0 Å². The van der Waals surface area contributed by atoms with E-state index in [0.29, 0.717) is 62.7 Å².